The lowest BCUT2D eigenvalue weighted by molar-refractivity contribution is 0.408. The second-order valence-corrected chi connectivity index (χ2v) is 3.80. The predicted octanol–water partition coefficient (Wildman–Crippen LogP) is 2.07. The summed E-state index contributed by atoms with van der Waals surface area (Å²) in [7, 11) is 0. The van der Waals surface area contributed by atoms with Gasteiger partial charge in [-0.1, -0.05) is 24.3 Å². The Labute approximate surface area is 87.2 Å². The molecule has 0 unspecified atom stereocenters. The van der Waals surface area contributed by atoms with Gasteiger partial charge in [0.25, 0.3) is 0 Å². The minimum Gasteiger partial charge on any atom is -0.504 e. The van der Waals surface area contributed by atoms with Crippen molar-refractivity contribution < 1.29 is 10.2 Å². The summed E-state index contributed by atoms with van der Waals surface area (Å²) < 4.78 is 0. The van der Waals surface area contributed by atoms with E-state index >= 15 is 0 Å². The van der Waals surface area contributed by atoms with Crippen molar-refractivity contribution in [3.63, 3.8) is 0 Å². The minimum atomic E-state index is -0.0457. The Morgan fingerprint density at radius 1 is 1.00 bits per heavy atom. The van der Waals surface area contributed by atoms with E-state index in [0.717, 1.165) is 24.2 Å². The van der Waals surface area contributed by atoms with E-state index in [4.69, 9.17) is 0 Å². The molecule has 2 N–H and O–H groups in total. The molecular formula is C12H11NO2. The van der Waals surface area contributed by atoms with E-state index in [1.807, 2.05) is 24.3 Å². The molecule has 1 aliphatic heterocycles. The zero-order chi connectivity index (χ0) is 10.4. The van der Waals surface area contributed by atoms with Gasteiger partial charge in [0.05, 0.1) is 0 Å². The highest BCUT2D eigenvalue weighted by molar-refractivity contribution is 6.00. The second-order valence-electron chi connectivity index (χ2n) is 3.80. The first kappa shape index (κ1) is 8.41. The van der Waals surface area contributed by atoms with Crippen LogP contribution in [0.25, 0.3) is 10.8 Å². The van der Waals surface area contributed by atoms with Crippen molar-refractivity contribution in [3.05, 3.63) is 30.3 Å². The van der Waals surface area contributed by atoms with E-state index in [-0.39, 0.29) is 11.5 Å². The fourth-order valence-corrected chi connectivity index (χ4v) is 1.88. The third-order valence-electron chi connectivity index (χ3n) is 2.76. The number of rotatable bonds is 1. The highest BCUT2D eigenvalue weighted by Gasteiger charge is 2.22. The van der Waals surface area contributed by atoms with Crippen LogP contribution in [0.15, 0.2) is 30.3 Å². The lowest BCUT2D eigenvalue weighted by Gasteiger charge is -2.10. The van der Waals surface area contributed by atoms with Gasteiger partial charge >= 0.3 is 0 Å². The first-order valence-electron chi connectivity index (χ1n) is 4.96. The van der Waals surface area contributed by atoms with Crippen LogP contribution in [0.3, 0.4) is 0 Å². The number of hydrogen-bond acceptors (Lipinski definition) is 3. The number of aromatic hydroxyl groups is 2. The van der Waals surface area contributed by atoms with Crippen LogP contribution in [0.5, 0.6) is 11.5 Å². The lowest BCUT2D eigenvalue weighted by atomic mass is 10.1. The van der Waals surface area contributed by atoms with Crippen LogP contribution in [-0.2, 0) is 0 Å². The summed E-state index contributed by atoms with van der Waals surface area (Å²) in [5, 5.41) is 21.0. The molecule has 0 saturated carbocycles. The van der Waals surface area contributed by atoms with Crippen molar-refractivity contribution in [2.24, 2.45) is 0 Å². The smallest absolute Gasteiger partial charge is 0.165 e. The van der Waals surface area contributed by atoms with Gasteiger partial charge in [-0.25, -0.2) is 0 Å². The van der Waals surface area contributed by atoms with Gasteiger partial charge in [0.15, 0.2) is 11.5 Å². The first-order chi connectivity index (χ1) is 7.27. The molecule has 3 heteroatoms. The van der Waals surface area contributed by atoms with Crippen LogP contribution in [-0.4, -0.2) is 23.3 Å². The highest BCUT2D eigenvalue weighted by Crippen LogP contribution is 2.41. The monoisotopic (exact) mass is 201 g/mol. The van der Waals surface area contributed by atoms with Gasteiger partial charge in [0.1, 0.15) is 0 Å². The summed E-state index contributed by atoms with van der Waals surface area (Å²) in [6.07, 6.45) is 0. The van der Waals surface area contributed by atoms with Crippen LogP contribution in [0.4, 0.5) is 5.69 Å². The number of fused-ring (bicyclic) bond motifs is 1. The molecule has 0 atom stereocenters. The second kappa shape index (κ2) is 2.79. The molecule has 2 aromatic carbocycles. The van der Waals surface area contributed by atoms with Crippen molar-refractivity contribution in [3.8, 4) is 11.5 Å². The molecule has 0 aliphatic carbocycles. The first-order valence-corrected chi connectivity index (χ1v) is 4.96. The van der Waals surface area contributed by atoms with E-state index in [1.54, 1.807) is 6.07 Å². The van der Waals surface area contributed by atoms with Crippen molar-refractivity contribution in [1.29, 1.82) is 0 Å². The highest BCUT2D eigenvalue weighted by atomic mass is 16.3. The molecule has 3 nitrogen and oxygen atoms in total. The zero-order valence-corrected chi connectivity index (χ0v) is 8.14. The van der Waals surface area contributed by atoms with Gasteiger partial charge < -0.3 is 15.1 Å². The number of phenolic OH excluding ortho intramolecular Hbond substituents is 2. The summed E-state index contributed by atoms with van der Waals surface area (Å²) in [5.74, 6) is -0.0770. The fraction of sp³-hybridized carbons (Fsp3) is 0.167. The Morgan fingerprint density at radius 3 is 2.33 bits per heavy atom. The van der Waals surface area contributed by atoms with Gasteiger partial charge in [-0.2, -0.15) is 0 Å². The predicted molar refractivity (Wildman–Crippen MR) is 59.5 cm³/mol. The van der Waals surface area contributed by atoms with Gasteiger partial charge in [0.2, 0.25) is 0 Å². The summed E-state index contributed by atoms with van der Waals surface area (Å²) >= 11 is 0. The quantitative estimate of drug-likeness (QED) is 0.548. The normalized spacial score (nSPS) is 14.5. The summed E-state index contributed by atoms with van der Waals surface area (Å²) in [4.78, 5) is 2.15. The molecule has 15 heavy (non-hydrogen) atoms. The van der Waals surface area contributed by atoms with Crippen molar-refractivity contribution in [1.82, 2.24) is 0 Å². The van der Waals surface area contributed by atoms with Crippen LogP contribution in [0.1, 0.15) is 0 Å². The van der Waals surface area contributed by atoms with Crippen LogP contribution < -0.4 is 4.90 Å². The third kappa shape index (κ3) is 1.20. The van der Waals surface area contributed by atoms with Crippen LogP contribution in [0, 0.1) is 0 Å². The maximum absolute atomic E-state index is 9.72. The molecule has 1 fully saturated rings. The van der Waals surface area contributed by atoms with Gasteiger partial charge in [0, 0.05) is 35.6 Å². The molecule has 0 radical (unpaired) electrons. The van der Waals surface area contributed by atoms with Crippen molar-refractivity contribution in [2.45, 2.75) is 0 Å². The summed E-state index contributed by atoms with van der Waals surface area (Å²) in [6.45, 7) is 2.04. The molecule has 76 valence electrons. The molecule has 0 amide bonds. The molecule has 2 aromatic rings. The Kier molecular flexibility index (Phi) is 1.57. The lowest BCUT2D eigenvalue weighted by Crippen LogP contribution is -1.92. The molecule has 1 saturated heterocycles. The Hall–Kier alpha value is -1.90. The van der Waals surface area contributed by atoms with Crippen LogP contribution in [0.2, 0.25) is 0 Å². The van der Waals surface area contributed by atoms with E-state index in [2.05, 4.69) is 4.90 Å². The average Bonchev–Trinajstić information content (AvgIpc) is 3.07. The largest absolute Gasteiger partial charge is 0.504 e. The van der Waals surface area contributed by atoms with Gasteiger partial charge in [-0.3, -0.25) is 0 Å². The maximum Gasteiger partial charge on any atom is 0.165 e. The molecular weight excluding hydrogens is 190 g/mol. The number of nitrogens with zero attached hydrogens (tertiary/aromatic N) is 1. The molecule has 1 heterocycles. The number of benzene rings is 2. The fourth-order valence-electron chi connectivity index (χ4n) is 1.88. The summed E-state index contributed by atoms with van der Waals surface area (Å²) in [5.41, 5.74) is 1.00. The number of phenols is 2. The summed E-state index contributed by atoms with van der Waals surface area (Å²) in [6, 6.07) is 9.20. The van der Waals surface area contributed by atoms with E-state index in [1.165, 1.54) is 0 Å². The average molecular weight is 201 g/mol. The van der Waals surface area contributed by atoms with E-state index in [0.29, 0.717) is 5.39 Å². The number of anilines is 1. The van der Waals surface area contributed by atoms with Gasteiger partial charge in [-0.15, -0.1) is 0 Å². The van der Waals surface area contributed by atoms with E-state index < -0.39 is 0 Å². The van der Waals surface area contributed by atoms with Gasteiger partial charge in [-0.05, 0) is 0 Å². The Bertz CT molecular complexity index is 532. The SMILES string of the molecule is Oc1cc(N2CC2)c2ccccc2c1O. The molecule has 3 rings (SSSR count). The Morgan fingerprint density at radius 2 is 1.67 bits per heavy atom. The molecule has 1 aliphatic rings. The topological polar surface area (TPSA) is 43.5 Å². The van der Waals surface area contributed by atoms with E-state index in [9.17, 15) is 10.2 Å². The maximum atomic E-state index is 9.72. The van der Waals surface area contributed by atoms with Crippen molar-refractivity contribution >= 4 is 16.5 Å². The van der Waals surface area contributed by atoms with Crippen molar-refractivity contribution in [2.75, 3.05) is 18.0 Å². The molecule has 0 spiro atoms. The zero-order valence-electron chi connectivity index (χ0n) is 8.14. The molecule has 0 aromatic heterocycles. The standard InChI is InChI=1S/C12H11NO2/c14-11-7-10(13-5-6-13)8-3-1-2-4-9(8)12(11)15/h1-4,7,14-15H,5-6H2. The van der Waals surface area contributed by atoms with Crippen LogP contribution >= 0.6 is 0 Å². The minimum absolute atomic E-state index is 0.0313. The molecule has 0 bridgehead atoms. The third-order valence-corrected chi connectivity index (χ3v) is 2.76. The Balaban J connectivity index is 2.39. The number of hydrogen-bond donors (Lipinski definition) is 2.